The molecular weight excluding hydrogens is 220 g/mol. The van der Waals surface area contributed by atoms with E-state index in [0.29, 0.717) is 0 Å². The van der Waals surface area contributed by atoms with Crippen molar-refractivity contribution in [1.82, 2.24) is 9.55 Å². The second-order valence-corrected chi connectivity index (χ2v) is 5.23. The second kappa shape index (κ2) is 4.03. The van der Waals surface area contributed by atoms with Gasteiger partial charge in [-0.05, 0) is 24.3 Å². The number of hydrogen-bond donors (Lipinski definition) is 1. The summed E-state index contributed by atoms with van der Waals surface area (Å²) < 4.78 is 2.09. The third kappa shape index (κ3) is 1.79. The van der Waals surface area contributed by atoms with Crippen molar-refractivity contribution < 1.29 is 5.11 Å². The van der Waals surface area contributed by atoms with Gasteiger partial charge in [-0.3, -0.25) is 0 Å². The number of nitrogens with zero attached hydrogens (tertiary/aromatic N) is 2. The average Bonchev–Trinajstić information content (AvgIpc) is 2.88. The minimum atomic E-state index is -0.370. The zero-order valence-electron chi connectivity index (χ0n) is 8.97. The van der Waals surface area contributed by atoms with E-state index in [1.807, 2.05) is 0 Å². The maximum absolute atomic E-state index is 9.82. The molecule has 2 aromatic rings. The third-order valence-electron chi connectivity index (χ3n) is 2.97. The molecule has 0 saturated heterocycles. The quantitative estimate of drug-likeness (QED) is 0.866. The highest BCUT2D eigenvalue weighted by Gasteiger charge is 2.20. The fraction of sp³-hybridized carbons (Fsp3) is 0.417. The number of hydrogen-bond acceptors (Lipinski definition) is 3. The summed E-state index contributed by atoms with van der Waals surface area (Å²) >= 11 is 1.75. The number of aryl methyl sites for hydroxylation is 1. The maximum atomic E-state index is 9.82. The minimum Gasteiger partial charge on any atom is -0.385 e. The second-order valence-electron chi connectivity index (χ2n) is 4.20. The summed E-state index contributed by atoms with van der Waals surface area (Å²) in [4.78, 5) is 5.85. The molecule has 1 aliphatic rings. The number of fused-ring (bicyclic) bond motifs is 1. The fourth-order valence-electron chi connectivity index (χ4n) is 2.19. The number of imidazole rings is 1. The van der Waals surface area contributed by atoms with E-state index in [0.717, 1.165) is 37.3 Å². The van der Waals surface area contributed by atoms with Crippen LogP contribution < -0.4 is 0 Å². The molecule has 1 atom stereocenters. The van der Waals surface area contributed by atoms with Gasteiger partial charge in [0.15, 0.2) is 0 Å². The maximum Gasteiger partial charge on any atom is 0.137 e. The van der Waals surface area contributed by atoms with Crippen molar-refractivity contribution >= 4 is 11.3 Å². The van der Waals surface area contributed by atoms with Crippen molar-refractivity contribution in [2.45, 2.75) is 31.9 Å². The Morgan fingerprint density at radius 1 is 1.56 bits per heavy atom. The smallest absolute Gasteiger partial charge is 0.137 e. The van der Waals surface area contributed by atoms with Crippen LogP contribution in [0.4, 0.5) is 0 Å². The molecule has 0 spiro atoms. The van der Waals surface area contributed by atoms with Gasteiger partial charge in [0.05, 0.1) is 5.69 Å². The molecule has 1 N–H and O–H groups in total. The van der Waals surface area contributed by atoms with Crippen molar-refractivity contribution in [3.63, 3.8) is 0 Å². The number of rotatable bonds is 2. The first kappa shape index (κ1) is 10.1. The molecule has 1 unspecified atom stereocenters. The van der Waals surface area contributed by atoms with Gasteiger partial charge < -0.3 is 9.67 Å². The normalized spacial score (nSPS) is 19.7. The van der Waals surface area contributed by atoms with Crippen LogP contribution in [0.1, 0.15) is 35.3 Å². The van der Waals surface area contributed by atoms with Crippen molar-refractivity contribution in [1.29, 1.82) is 0 Å². The first-order valence-corrected chi connectivity index (χ1v) is 6.47. The van der Waals surface area contributed by atoms with Crippen molar-refractivity contribution in [3.05, 3.63) is 40.1 Å². The Hall–Kier alpha value is -1.13. The lowest BCUT2D eigenvalue weighted by molar-refractivity contribution is 0.133. The molecule has 0 saturated carbocycles. The van der Waals surface area contributed by atoms with E-state index in [4.69, 9.17) is 0 Å². The largest absolute Gasteiger partial charge is 0.385 e. The van der Waals surface area contributed by atoms with Crippen molar-refractivity contribution in [2.75, 3.05) is 0 Å². The molecule has 0 fully saturated rings. The molecule has 0 aromatic carbocycles. The van der Waals surface area contributed by atoms with Gasteiger partial charge in [0.1, 0.15) is 11.9 Å². The number of aliphatic hydroxyl groups is 1. The zero-order valence-corrected chi connectivity index (χ0v) is 9.78. The van der Waals surface area contributed by atoms with Gasteiger partial charge in [-0.15, -0.1) is 11.3 Å². The third-order valence-corrected chi connectivity index (χ3v) is 3.84. The summed E-state index contributed by atoms with van der Waals surface area (Å²) in [6, 6.07) is 4.18. The summed E-state index contributed by atoms with van der Waals surface area (Å²) in [6.45, 7) is 0.990. The van der Waals surface area contributed by atoms with E-state index in [1.54, 1.807) is 11.3 Å². The fourth-order valence-corrected chi connectivity index (χ4v) is 2.91. The van der Waals surface area contributed by atoms with E-state index < -0.39 is 0 Å². The summed E-state index contributed by atoms with van der Waals surface area (Å²) in [5, 5.41) is 11.9. The van der Waals surface area contributed by atoms with Crippen LogP contribution in [0.2, 0.25) is 0 Å². The molecule has 0 radical (unpaired) electrons. The van der Waals surface area contributed by atoms with Gasteiger partial charge in [0, 0.05) is 24.0 Å². The number of aromatic nitrogens is 2. The van der Waals surface area contributed by atoms with Gasteiger partial charge >= 0.3 is 0 Å². The number of thiophene rings is 1. The lowest BCUT2D eigenvalue weighted by Crippen LogP contribution is -2.14. The topological polar surface area (TPSA) is 38.0 Å². The monoisotopic (exact) mass is 234 g/mol. The van der Waals surface area contributed by atoms with Crippen LogP contribution in [0.3, 0.4) is 0 Å². The highest BCUT2D eigenvalue weighted by atomic mass is 32.1. The van der Waals surface area contributed by atoms with Crippen LogP contribution in [0.15, 0.2) is 23.7 Å². The molecule has 16 heavy (non-hydrogen) atoms. The molecule has 4 heteroatoms. The Labute approximate surface area is 98.4 Å². The van der Waals surface area contributed by atoms with Crippen LogP contribution in [0.25, 0.3) is 0 Å². The predicted molar refractivity (Wildman–Crippen MR) is 63.5 cm³/mol. The Kier molecular flexibility index (Phi) is 2.53. The molecule has 3 heterocycles. The van der Waals surface area contributed by atoms with E-state index in [2.05, 4.69) is 33.3 Å². The van der Waals surface area contributed by atoms with E-state index in [-0.39, 0.29) is 6.10 Å². The van der Waals surface area contributed by atoms with Crippen LogP contribution >= 0.6 is 11.3 Å². The Morgan fingerprint density at radius 3 is 3.25 bits per heavy atom. The van der Waals surface area contributed by atoms with Gasteiger partial charge in [-0.25, -0.2) is 4.98 Å². The lowest BCUT2D eigenvalue weighted by atomic mass is 10.1. The highest BCUT2D eigenvalue weighted by Crippen LogP contribution is 2.25. The summed E-state index contributed by atoms with van der Waals surface area (Å²) in [7, 11) is 0. The van der Waals surface area contributed by atoms with Gasteiger partial charge in [-0.1, -0.05) is 6.07 Å². The van der Waals surface area contributed by atoms with Crippen LogP contribution in [0, 0.1) is 0 Å². The van der Waals surface area contributed by atoms with E-state index in [9.17, 15) is 5.11 Å². The Morgan fingerprint density at radius 2 is 2.50 bits per heavy atom. The van der Waals surface area contributed by atoms with Crippen molar-refractivity contribution in [3.8, 4) is 0 Å². The van der Waals surface area contributed by atoms with Crippen LogP contribution in [-0.4, -0.2) is 14.7 Å². The molecule has 3 nitrogen and oxygen atoms in total. The van der Waals surface area contributed by atoms with E-state index >= 15 is 0 Å². The molecule has 0 bridgehead atoms. The van der Waals surface area contributed by atoms with Gasteiger partial charge in [0.2, 0.25) is 0 Å². The summed E-state index contributed by atoms with van der Waals surface area (Å²) in [5.41, 5.74) is 1.07. The molecule has 0 aliphatic carbocycles. The summed E-state index contributed by atoms with van der Waals surface area (Å²) in [6.07, 6.45) is 4.48. The predicted octanol–water partition coefficient (Wildman–Crippen LogP) is 2.36. The molecular formula is C12H14N2OS. The highest BCUT2D eigenvalue weighted by molar-refractivity contribution is 7.09. The van der Waals surface area contributed by atoms with E-state index in [1.165, 1.54) is 4.88 Å². The Bertz CT molecular complexity index is 475. The van der Waals surface area contributed by atoms with Crippen LogP contribution in [-0.2, 0) is 13.0 Å². The molecule has 0 amide bonds. The Balaban J connectivity index is 1.87. The molecule has 1 aliphatic heterocycles. The standard InChI is InChI=1S/C12H14N2OS/c15-11-4-1-5-14-8-9(13-12(11)14)7-10-3-2-6-16-10/h2-3,6,8,11,15H,1,4-5,7H2. The molecule has 3 rings (SSSR count). The average molecular weight is 234 g/mol. The molecule has 2 aromatic heterocycles. The number of aliphatic hydroxyl groups excluding tert-OH is 1. The minimum absolute atomic E-state index is 0.370. The molecule has 84 valence electrons. The van der Waals surface area contributed by atoms with Crippen molar-refractivity contribution in [2.24, 2.45) is 0 Å². The first-order chi connectivity index (χ1) is 7.83. The van der Waals surface area contributed by atoms with Gasteiger partial charge in [0.25, 0.3) is 0 Å². The van der Waals surface area contributed by atoms with Crippen LogP contribution in [0.5, 0.6) is 0 Å². The summed E-state index contributed by atoms with van der Waals surface area (Å²) in [5.74, 6) is 0.845. The van der Waals surface area contributed by atoms with Gasteiger partial charge in [-0.2, -0.15) is 0 Å². The lowest BCUT2D eigenvalue weighted by Gasteiger charge is -2.18. The SMILES string of the molecule is OC1CCCn2cc(Cc3cccs3)nc21. The zero-order chi connectivity index (χ0) is 11.0. The first-order valence-electron chi connectivity index (χ1n) is 5.59.